The van der Waals surface area contributed by atoms with Crippen LogP contribution in [0.2, 0.25) is 0 Å². The number of phenols is 1. The second-order valence-electron chi connectivity index (χ2n) is 2.17. The Hall–Kier alpha value is -0.330. The highest BCUT2D eigenvalue weighted by Gasteiger charge is 2.20. The Labute approximate surface area is 86.7 Å². The van der Waals surface area contributed by atoms with Crippen molar-refractivity contribution in [1.29, 1.82) is 0 Å². The van der Waals surface area contributed by atoms with E-state index in [0.29, 0.717) is 6.07 Å². The summed E-state index contributed by atoms with van der Waals surface area (Å²) in [6.45, 7) is 0. The molecule has 0 atom stereocenters. The summed E-state index contributed by atoms with van der Waals surface area (Å²) in [7, 11) is 0.909. The van der Waals surface area contributed by atoms with Crippen LogP contribution in [0.15, 0.2) is 21.5 Å². The van der Waals surface area contributed by atoms with Crippen LogP contribution in [0.25, 0.3) is 0 Å². The molecule has 0 aliphatic heterocycles. The molecule has 0 unspecified atom stereocenters. The summed E-state index contributed by atoms with van der Waals surface area (Å²) >= 11 is 2.77. The van der Waals surface area contributed by atoms with Crippen molar-refractivity contribution in [3.05, 3.63) is 22.4 Å². The normalized spacial score (nSPS) is 11.6. The third-order valence-corrected chi connectivity index (χ3v) is 3.50. The minimum atomic E-state index is -4.07. The molecule has 0 radical (unpaired) electrons. The van der Waals surface area contributed by atoms with E-state index in [1.165, 1.54) is 0 Å². The van der Waals surface area contributed by atoms with E-state index in [1.807, 2.05) is 0 Å². The van der Waals surface area contributed by atoms with Crippen LogP contribution in [0.4, 0.5) is 4.39 Å². The number of benzene rings is 1. The summed E-state index contributed by atoms with van der Waals surface area (Å²) in [5.74, 6) is -1.48. The molecule has 0 saturated heterocycles. The van der Waals surface area contributed by atoms with Gasteiger partial charge in [0.15, 0.2) is 0 Å². The molecule has 3 nitrogen and oxygen atoms in total. The predicted octanol–water partition coefficient (Wildman–Crippen LogP) is 2.22. The summed E-state index contributed by atoms with van der Waals surface area (Å²) in [6, 6.07) is 1.56. The molecule has 0 aliphatic rings. The number of hydrogen-bond donors (Lipinski definition) is 1. The lowest BCUT2D eigenvalue weighted by Crippen LogP contribution is -1.93. The van der Waals surface area contributed by atoms with Crippen molar-refractivity contribution >= 4 is 35.7 Å². The van der Waals surface area contributed by atoms with E-state index in [-0.39, 0.29) is 4.47 Å². The summed E-state index contributed by atoms with van der Waals surface area (Å²) in [4.78, 5) is -0.532. The van der Waals surface area contributed by atoms with E-state index in [0.717, 1.165) is 6.07 Å². The van der Waals surface area contributed by atoms with Gasteiger partial charge in [0, 0.05) is 21.2 Å². The zero-order valence-corrected chi connectivity index (χ0v) is 9.12. The third kappa shape index (κ3) is 2.32. The van der Waals surface area contributed by atoms with Crippen molar-refractivity contribution in [3.8, 4) is 5.75 Å². The molecule has 0 aliphatic carbocycles. The SMILES string of the molecule is O=S(=O)(Cl)c1c(O)cc(F)cc1Br. The highest BCUT2D eigenvalue weighted by Crippen LogP contribution is 2.33. The van der Waals surface area contributed by atoms with Gasteiger partial charge in [0.05, 0.1) is 0 Å². The molecule has 0 saturated carbocycles. The maximum absolute atomic E-state index is 12.6. The van der Waals surface area contributed by atoms with Crippen LogP contribution < -0.4 is 0 Å². The largest absolute Gasteiger partial charge is 0.506 e. The van der Waals surface area contributed by atoms with Gasteiger partial charge in [-0.2, -0.15) is 0 Å². The van der Waals surface area contributed by atoms with Gasteiger partial charge >= 0.3 is 0 Å². The van der Waals surface area contributed by atoms with E-state index in [2.05, 4.69) is 15.9 Å². The summed E-state index contributed by atoms with van der Waals surface area (Å²) in [5, 5.41) is 9.07. The quantitative estimate of drug-likeness (QED) is 0.807. The van der Waals surface area contributed by atoms with Gasteiger partial charge in [-0.3, -0.25) is 0 Å². The Balaban J connectivity index is 3.57. The second kappa shape index (κ2) is 3.43. The summed E-state index contributed by atoms with van der Waals surface area (Å²) < 4.78 is 34.1. The van der Waals surface area contributed by atoms with Gasteiger partial charge in [-0.15, -0.1) is 0 Å². The molecular formula is C6H3BrClFO3S. The zero-order chi connectivity index (χ0) is 10.2. The maximum Gasteiger partial charge on any atom is 0.266 e. The van der Waals surface area contributed by atoms with Crippen molar-refractivity contribution in [2.75, 3.05) is 0 Å². The monoisotopic (exact) mass is 288 g/mol. The number of hydrogen-bond acceptors (Lipinski definition) is 3. The van der Waals surface area contributed by atoms with Crippen molar-refractivity contribution in [3.63, 3.8) is 0 Å². The van der Waals surface area contributed by atoms with E-state index < -0.39 is 25.5 Å². The molecule has 13 heavy (non-hydrogen) atoms. The fourth-order valence-corrected chi connectivity index (χ4v) is 3.22. The van der Waals surface area contributed by atoms with Crippen LogP contribution in [0.5, 0.6) is 5.75 Å². The zero-order valence-electron chi connectivity index (χ0n) is 5.96. The lowest BCUT2D eigenvalue weighted by molar-refractivity contribution is 0.452. The van der Waals surface area contributed by atoms with Crippen LogP contribution in [0.3, 0.4) is 0 Å². The van der Waals surface area contributed by atoms with Crippen molar-refractivity contribution in [1.82, 2.24) is 0 Å². The molecule has 1 N–H and O–H groups in total. The van der Waals surface area contributed by atoms with Gasteiger partial charge in [-0.1, -0.05) is 0 Å². The molecule has 0 amide bonds. The minimum Gasteiger partial charge on any atom is -0.506 e. The Morgan fingerprint density at radius 3 is 2.38 bits per heavy atom. The Bertz CT molecular complexity index is 422. The fourth-order valence-electron chi connectivity index (χ4n) is 0.788. The molecule has 72 valence electrons. The lowest BCUT2D eigenvalue weighted by Gasteiger charge is -2.02. The van der Waals surface area contributed by atoms with Gasteiger partial charge in [-0.25, -0.2) is 12.8 Å². The summed E-state index contributed by atoms with van der Waals surface area (Å²) in [5.41, 5.74) is 0. The number of rotatable bonds is 1. The van der Waals surface area contributed by atoms with E-state index in [4.69, 9.17) is 15.8 Å². The Morgan fingerprint density at radius 2 is 2.00 bits per heavy atom. The predicted molar refractivity (Wildman–Crippen MR) is 48.8 cm³/mol. The van der Waals surface area contributed by atoms with Crippen molar-refractivity contribution in [2.24, 2.45) is 0 Å². The average Bonchev–Trinajstić information content (AvgIpc) is 1.78. The van der Waals surface area contributed by atoms with Crippen LogP contribution in [-0.4, -0.2) is 13.5 Å². The number of phenolic OH excluding ortho intramolecular Hbond substituents is 1. The highest BCUT2D eigenvalue weighted by atomic mass is 79.9. The Kier molecular flexibility index (Phi) is 2.84. The van der Waals surface area contributed by atoms with Crippen LogP contribution in [0, 0.1) is 5.82 Å². The van der Waals surface area contributed by atoms with Gasteiger partial charge < -0.3 is 5.11 Å². The summed E-state index contributed by atoms with van der Waals surface area (Å²) in [6.07, 6.45) is 0. The van der Waals surface area contributed by atoms with Gasteiger partial charge in [0.2, 0.25) is 0 Å². The first-order valence-electron chi connectivity index (χ1n) is 2.95. The first-order chi connectivity index (χ1) is 5.82. The lowest BCUT2D eigenvalue weighted by atomic mass is 10.3. The average molecular weight is 290 g/mol. The molecule has 1 aromatic rings. The Morgan fingerprint density at radius 1 is 1.46 bits per heavy atom. The van der Waals surface area contributed by atoms with Crippen LogP contribution in [-0.2, 0) is 9.05 Å². The van der Waals surface area contributed by atoms with Gasteiger partial charge in [0.25, 0.3) is 9.05 Å². The second-order valence-corrected chi connectivity index (χ2v) is 5.53. The first kappa shape index (κ1) is 10.7. The van der Waals surface area contributed by atoms with Gasteiger partial charge in [0.1, 0.15) is 16.5 Å². The third-order valence-electron chi connectivity index (χ3n) is 1.23. The maximum atomic E-state index is 12.6. The highest BCUT2D eigenvalue weighted by molar-refractivity contribution is 9.10. The molecule has 0 heterocycles. The molecule has 0 bridgehead atoms. The molecule has 0 spiro atoms. The number of halogens is 3. The minimum absolute atomic E-state index is 0.111. The molecule has 7 heteroatoms. The standard InChI is InChI=1S/C6H3BrClFO3S/c7-4-1-3(9)2-5(10)6(4)13(8,11)12/h1-2,10H. The molecule has 1 rings (SSSR count). The topological polar surface area (TPSA) is 54.4 Å². The van der Waals surface area contributed by atoms with Gasteiger partial charge in [-0.05, 0) is 22.0 Å². The van der Waals surface area contributed by atoms with E-state index in [9.17, 15) is 12.8 Å². The molecular weight excluding hydrogens is 286 g/mol. The van der Waals surface area contributed by atoms with Crippen molar-refractivity contribution in [2.45, 2.75) is 4.90 Å². The first-order valence-corrected chi connectivity index (χ1v) is 6.05. The molecule has 0 fully saturated rings. The smallest absolute Gasteiger partial charge is 0.266 e. The van der Waals surface area contributed by atoms with Crippen LogP contribution >= 0.6 is 26.6 Å². The number of aromatic hydroxyl groups is 1. The molecule has 0 aromatic heterocycles. The van der Waals surface area contributed by atoms with Crippen LogP contribution in [0.1, 0.15) is 0 Å². The fraction of sp³-hybridized carbons (Fsp3) is 0. The molecule has 1 aromatic carbocycles. The van der Waals surface area contributed by atoms with E-state index in [1.54, 1.807) is 0 Å². The van der Waals surface area contributed by atoms with E-state index >= 15 is 0 Å². The van der Waals surface area contributed by atoms with Crippen molar-refractivity contribution < 1.29 is 17.9 Å².